The van der Waals surface area contributed by atoms with Gasteiger partial charge in [-0.15, -0.1) is 11.8 Å². The van der Waals surface area contributed by atoms with Crippen LogP contribution >= 0.6 is 23.3 Å². The Balaban J connectivity index is 2.59. The maximum Gasteiger partial charge on any atom is 0.341 e. The molecule has 0 radical (unpaired) electrons. The molecule has 0 aliphatic rings. The van der Waals surface area contributed by atoms with Crippen molar-refractivity contribution in [1.29, 1.82) is 0 Å². The van der Waals surface area contributed by atoms with Crippen LogP contribution in [-0.4, -0.2) is 45.5 Å². The molecule has 0 fully saturated rings. The van der Waals surface area contributed by atoms with Crippen LogP contribution in [0.1, 0.15) is 49.4 Å². The summed E-state index contributed by atoms with van der Waals surface area (Å²) in [4.78, 5) is 23.1. The number of carboxylic acid groups (broad SMARTS) is 1. The monoisotopic (exact) mass is 361 g/mol. The molecule has 0 bridgehead atoms. The molecule has 0 saturated carbocycles. The van der Waals surface area contributed by atoms with E-state index in [0.29, 0.717) is 18.0 Å². The van der Waals surface area contributed by atoms with Gasteiger partial charge >= 0.3 is 12.0 Å². The molecular formula is C14H23N3O4S2. The fourth-order valence-electron chi connectivity index (χ4n) is 1.77. The predicted octanol–water partition coefficient (Wildman–Crippen LogP) is 3.02. The highest BCUT2D eigenvalue weighted by molar-refractivity contribution is 7.99. The van der Waals surface area contributed by atoms with Gasteiger partial charge in [0.15, 0.2) is 0 Å². The number of carbonyl (C=O) groups excluding carboxylic acids is 1. The van der Waals surface area contributed by atoms with Crippen molar-refractivity contribution in [2.75, 3.05) is 24.2 Å². The molecule has 0 unspecified atom stereocenters. The number of amides is 2. The molecule has 4 N–H and O–H groups in total. The van der Waals surface area contributed by atoms with Gasteiger partial charge in [-0.1, -0.05) is 26.2 Å². The predicted molar refractivity (Wildman–Crippen MR) is 92.7 cm³/mol. The summed E-state index contributed by atoms with van der Waals surface area (Å²) in [6, 6.07) is -0.496. The lowest BCUT2D eigenvalue weighted by atomic mass is 10.2. The number of carbonyl (C=O) groups is 2. The van der Waals surface area contributed by atoms with Crippen LogP contribution in [0.3, 0.4) is 0 Å². The van der Waals surface area contributed by atoms with Gasteiger partial charge in [-0.2, -0.15) is 4.37 Å². The minimum absolute atomic E-state index is 0.0139. The molecule has 0 aliphatic carbocycles. The fraction of sp³-hybridized carbons (Fsp3) is 0.643. The number of aliphatic hydroxyl groups excluding tert-OH is 1. The number of aliphatic hydroxyl groups is 1. The summed E-state index contributed by atoms with van der Waals surface area (Å²) >= 11 is 2.38. The molecule has 23 heavy (non-hydrogen) atoms. The first-order valence-electron chi connectivity index (χ1n) is 7.61. The molecule has 1 aromatic heterocycles. The SMILES string of the molecule is CCCCCCSc1nsc(NC(=O)NCCCO)c1C(=O)O. The highest BCUT2D eigenvalue weighted by Crippen LogP contribution is 2.32. The van der Waals surface area contributed by atoms with E-state index in [-0.39, 0.29) is 17.2 Å². The molecule has 1 aromatic rings. The van der Waals surface area contributed by atoms with E-state index in [0.717, 1.165) is 36.5 Å². The van der Waals surface area contributed by atoms with Crippen LogP contribution in [0.5, 0.6) is 0 Å². The Morgan fingerprint density at radius 1 is 1.26 bits per heavy atom. The molecule has 0 saturated heterocycles. The van der Waals surface area contributed by atoms with Gasteiger partial charge in [0.05, 0.1) is 0 Å². The maximum atomic E-state index is 11.7. The first kappa shape index (κ1) is 19.7. The number of hydrogen-bond donors (Lipinski definition) is 4. The summed E-state index contributed by atoms with van der Waals surface area (Å²) in [7, 11) is 0. The number of anilines is 1. The van der Waals surface area contributed by atoms with E-state index in [1.54, 1.807) is 0 Å². The van der Waals surface area contributed by atoms with Gasteiger partial charge < -0.3 is 15.5 Å². The van der Waals surface area contributed by atoms with Crippen molar-refractivity contribution >= 4 is 40.3 Å². The van der Waals surface area contributed by atoms with E-state index in [4.69, 9.17) is 5.11 Å². The highest BCUT2D eigenvalue weighted by atomic mass is 32.2. The number of nitrogens with one attached hydrogen (secondary N) is 2. The van der Waals surface area contributed by atoms with Gasteiger partial charge in [0.1, 0.15) is 15.6 Å². The molecule has 7 nitrogen and oxygen atoms in total. The van der Waals surface area contributed by atoms with E-state index in [2.05, 4.69) is 21.9 Å². The van der Waals surface area contributed by atoms with Crippen LogP contribution in [-0.2, 0) is 0 Å². The van der Waals surface area contributed by atoms with Crippen LogP contribution in [0.4, 0.5) is 9.80 Å². The van der Waals surface area contributed by atoms with Crippen LogP contribution in [0, 0.1) is 0 Å². The number of thioether (sulfide) groups is 1. The highest BCUT2D eigenvalue weighted by Gasteiger charge is 2.22. The standard InChI is InChI=1S/C14H23N3O4S2/c1-2-3-4-5-9-22-12-10(13(19)20)11(23-17-12)16-14(21)15-7-6-8-18/h18H,2-9H2,1H3,(H,19,20)(H2,15,16,21). The molecule has 0 aromatic carbocycles. The second-order valence-electron chi connectivity index (χ2n) is 4.86. The van der Waals surface area contributed by atoms with E-state index >= 15 is 0 Å². The quantitative estimate of drug-likeness (QED) is 0.356. The Bertz CT molecular complexity index is 508. The van der Waals surface area contributed by atoms with E-state index in [1.165, 1.54) is 18.2 Å². The normalized spacial score (nSPS) is 10.5. The Kier molecular flexibility index (Phi) is 9.65. The third-order valence-corrected chi connectivity index (χ3v) is 4.90. The zero-order valence-corrected chi connectivity index (χ0v) is 14.8. The van der Waals surface area contributed by atoms with Crippen molar-refractivity contribution in [2.45, 2.75) is 44.1 Å². The van der Waals surface area contributed by atoms with Gasteiger partial charge in [-0.3, -0.25) is 5.32 Å². The summed E-state index contributed by atoms with van der Waals surface area (Å²) in [6.07, 6.45) is 4.90. The molecule has 2 amide bonds. The van der Waals surface area contributed by atoms with Gasteiger partial charge in [0.25, 0.3) is 0 Å². The molecule has 0 spiro atoms. The minimum atomic E-state index is -1.10. The number of rotatable bonds is 11. The van der Waals surface area contributed by atoms with Gasteiger partial charge in [0.2, 0.25) is 0 Å². The Morgan fingerprint density at radius 2 is 2.04 bits per heavy atom. The Labute approximate surface area is 144 Å². The summed E-state index contributed by atoms with van der Waals surface area (Å²) in [6.45, 7) is 2.45. The summed E-state index contributed by atoms with van der Waals surface area (Å²) < 4.78 is 4.15. The average Bonchev–Trinajstić information content (AvgIpc) is 2.90. The molecule has 1 rings (SSSR count). The largest absolute Gasteiger partial charge is 0.477 e. The molecule has 0 aliphatic heterocycles. The summed E-state index contributed by atoms with van der Waals surface area (Å²) in [5.41, 5.74) is 0.0489. The Hall–Kier alpha value is -1.32. The average molecular weight is 361 g/mol. The number of aromatic carboxylic acids is 1. The number of aromatic nitrogens is 1. The smallest absolute Gasteiger partial charge is 0.341 e. The lowest BCUT2D eigenvalue weighted by Gasteiger charge is -2.06. The number of carboxylic acids is 1. The molecule has 130 valence electrons. The Morgan fingerprint density at radius 3 is 2.70 bits per heavy atom. The molecule has 0 atom stereocenters. The maximum absolute atomic E-state index is 11.7. The van der Waals surface area contributed by atoms with Crippen LogP contribution in [0.15, 0.2) is 5.03 Å². The van der Waals surface area contributed by atoms with Gasteiger partial charge in [-0.05, 0) is 30.1 Å². The number of urea groups is 1. The first-order chi connectivity index (χ1) is 11.1. The van der Waals surface area contributed by atoms with Crippen molar-refractivity contribution in [3.63, 3.8) is 0 Å². The molecule has 9 heteroatoms. The second kappa shape index (κ2) is 11.3. The lowest BCUT2D eigenvalue weighted by Crippen LogP contribution is -2.30. The van der Waals surface area contributed by atoms with Gasteiger partial charge in [0, 0.05) is 13.2 Å². The van der Waals surface area contributed by atoms with Gasteiger partial charge in [-0.25, -0.2) is 9.59 Å². The fourth-order valence-corrected chi connectivity index (χ4v) is 3.72. The van der Waals surface area contributed by atoms with E-state index in [1.807, 2.05) is 0 Å². The summed E-state index contributed by atoms with van der Waals surface area (Å²) in [5.74, 6) is -0.285. The minimum Gasteiger partial charge on any atom is -0.477 e. The van der Waals surface area contributed by atoms with E-state index in [9.17, 15) is 14.7 Å². The van der Waals surface area contributed by atoms with Crippen molar-refractivity contribution in [3.8, 4) is 0 Å². The van der Waals surface area contributed by atoms with Crippen LogP contribution in [0.2, 0.25) is 0 Å². The van der Waals surface area contributed by atoms with Crippen molar-refractivity contribution in [3.05, 3.63) is 5.56 Å². The lowest BCUT2D eigenvalue weighted by molar-refractivity contribution is 0.0694. The van der Waals surface area contributed by atoms with E-state index < -0.39 is 12.0 Å². The van der Waals surface area contributed by atoms with Crippen molar-refractivity contribution in [1.82, 2.24) is 9.69 Å². The van der Waals surface area contributed by atoms with Crippen molar-refractivity contribution in [2.24, 2.45) is 0 Å². The first-order valence-corrected chi connectivity index (χ1v) is 9.37. The van der Waals surface area contributed by atoms with Crippen molar-refractivity contribution < 1.29 is 19.8 Å². The zero-order valence-electron chi connectivity index (χ0n) is 13.1. The number of nitrogens with zero attached hydrogens (tertiary/aromatic N) is 1. The molecular weight excluding hydrogens is 338 g/mol. The number of hydrogen-bond acceptors (Lipinski definition) is 6. The molecule has 1 heterocycles. The third-order valence-electron chi connectivity index (χ3n) is 2.96. The summed E-state index contributed by atoms with van der Waals surface area (Å²) in [5, 5.41) is 23.8. The van der Waals surface area contributed by atoms with Crippen LogP contribution < -0.4 is 10.6 Å². The van der Waals surface area contributed by atoms with Crippen LogP contribution in [0.25, 0.3) is 0 Å². The second-order valence-corrected chi connectivity index (χ2v) is 6.72. The topological polar surface area (TPSA) is 112 Å². The third kappa shape index (κ3) is 7.19. The zero-order chi connectivity index (χ0) is 17.1. The number of unbranched alkanes of at least 4 members (excludes halogenated alkanes) is 3.